The summed E-state index contributed by atoms with van der Waals surface area (Å²) in [7, 11) is 1.83. The number of fused-ring (bicyclic) bond motifs is 1. The molecule has 0 fully saturated rings. The maximum Gasteiger partial charge on any atom is 0.138 e. The topological polar surface area (TPSA) is 50.9 Å². The first-order valence-electron chi connectivity index (χ1n) is 6.33. The molecule has 1 aromatic heterocycles. The molecule has 0 radical (unpaired) electrons. The van der Waals surface area contributed by atoms with Gasteiger partial charge in [-0.05, 0) is 34.5 Å². The SMILES string of the molecule is Cn1ncnc1CC(O)c1ccc2cc(Br)ccc2c1. The third-order valence-electron chi connectivity index (χ3n) is 3.39. The van der Waals surface area contributed by atoms with E-state index in [1.54, 1.807) is 4.68 Å². The van der Waals surface area contributed by atoms with E-state index >= 15 is 0 Å². The van der Waals surface area contributed by atoms with E-state index in [-0.39, 0.29) is 0 Å². The van der Waals surface area contributed by atoms with Crippen LogP contribution in [0.5, 0.6) is 0 Å². The molecule has 0 spiro atoms. The van der Waals surface area contributed by atoms with Crippen LogP contribution >= 0.6 is 15.9 Å². The van der Waals surface area contributed by atoms with Gasteiger partial charge in [0.15, 0.2) is 0 Å². The molecule has 0 aliphatic rings. The molecule has 4 nitrogen and oxygen atoms in total. The molecule has 1 atom stereocenters. The maximum absolute atomic E-state index is 10.3. The third-order valence-corrected chi connectivity index (χ3v) is 3.89. The predicted molar refractivity (Wildman–Crippen MR) is 81.3 cm³/mol. The van der Waals surface area contributed by atoms with Crippen molar-refractivity contribution in [1.29, 1.82) is 0 Å². The lowest BCUT2D eigenvalue weighted by Gasteiger charge is -2.11. The highest BCUT2D eigenvalue weighted by Crippen LogP contribution is 2.24. The molecule has 1 unspecified atom stereocenters. The number of halogens is 1. The molecule has 5 heteroatoms. The minimum absolute atomic E-state index is 0.457. The van der Waals surface area contributed by atoms with Crippen molar-refractivity contribution in [2.45, 2.75) is 12.5 Å². The van der Waals surface area contributed by atoms with Crippen molar-refractivity contribution in [3.63, 3.8) is 0 Å². The molecule has 20 heavy (non-hydrogen) atoms. The molecule has 0 aliphatic heterocycles. The van der Waals surface area contributed by atoms with E-state index in [1.165, 1.54) is 6.33 Å². The number of aromatic nitrogens is 3. The molecular weight excluding hydrogens is 318 g/mol. The van der Waals surface area contributed by atoms with Gasteiger partial charge in [-0.15, -0.1) is 0 Å². The second kappa shape index (κ2) is 5.34. The van der Waals surface area contributed by atoms with E-state index in [2.05, 4.69) is 32.1 Å². The fraction of sp³-hybridized carbons (Fsp3) is 0.200. The van der Waals surface area contributed by atoms with Gasteiger partial charge in [-0.2, -0.15) is 5.10 Å². The summed E-state index contributed by atoms with van der Waals surface area (Å²) in [5.41, 5.74) is 0.892. The Bertz CT molecular complexity index is 754. The van der Waals surface area contributed by atoms with Crippen molar-refractivity contribution < 1.29 is 5.11 Å². The number of hydrogen-bond acceptors (Lipinski definition) is 3. The molecular formula is C15H14BrN3O. The highest BCUT2D eigenvalue weighted by atomic mass is 79.9. The number of benzene rings is 2. The highest BCUT2D eigenvalue weighted by Gasteiger charge is 2.12. The zero-order chi connectivity index (χ0) is 14.1. The lowest BCUT2D eigenvalue weighted by molar-refractivity contribution is 0.174. The Morgan fingerprint density at radius 1 is 1.20 bits per heavy atom. The normalized spacial score (nSPS) is 12.8. The lowest BCUT2D eigenvalue weighted by atomic mass is 10.0. The van der Waals surface area contributed by atoms with Crippen LogP contribution in [0.15, 0.2) is 47.2 Å². The van der Waals surface area contributed by atoms with E-state index in [0.29, 0.717) is 6.42 Å². The van der Waals surface area contributed by atoms with Crippen molar-refractivity contribution in [3.05, 3.63) is 58.6 Å². The van der Waals surface area contributed by atoms with Crippen molar-refractivity contribution in [3.8, 4) is 0 Å². The van der Waals surface area contributed by atoms with Crippen LogP contribution in [0.4, 0.5) is 0 Å². The standard InChI is InChI=1S/C15H14BrN3O/c1-19-15(17-9-18-19)8-14(20)12-3-2-11-7-13(16)5-4-10(11)6-12/h2-7,9,14,20H,8H2,1H3. The molecule has 0 aliphatic carbocycles. The average molecular weight is 332 g/mol. The largest absolute Gasteiger partial charge is 0.388 e. The number of aryl methyl sites for hydroxylation is 1. The van der Waals surface area contributed by atoms with Crippen molar-refractivity contribution in [2.75, 3.05) is 0 Å². The van der Waals surface area contributed by atoms with E-state index in [4.69, 9.17) is 0 Å². The zero-order valence-electron chi connectivity index (χ0n) is 11.0. The van der Waals surface area contributed by atoms with Gasteiger partial charge in [0.05, 0.1) is 6.10 Å². The summed E-state index contributed by atoms with van der Waals surface area (Å²) in [4.78, 5) is 4.14. The van der Waals surface area contributed by atoms with Gasteiger partial charge in [0.1, 0.15) is 12.2 Å². The minimum atomic E-state index is -0.578. The summed E-state index contributed by atoms with van der Waals surface area (Å²) < 4.78 is 2.74. The van der Waals surface area contributed by atoms with Crippen molar-refractivity contribution >= 4 is 26.7 Å². The van der Waals surface area contributed by atoms with Crippen molar-refractivity contribution in [2.24, 2.45) is 7.05 Å². The molecule has 0 bridgehead atoms. The van der Waals surface area contributed by atoms with E-state index in [0.717, 1.165) is 26.6 Å². The smallest absolute Gasteiger partial charge is 0.138 e. The van der Waals surface area contributed by atoms with E-state index in [9.17, 15) is 5.11 Å². The Hall–Kier alpha value is -1.72. The second-order valence-corrected chi connectivity index (χ2v) is 5.69. The van der Waals surface area contributed by atoms with Gasteiger partial charge in [-0.25, -0.2) is 4.98 Å². The Morgan fingerprint density at radius 3 is 2.70 bits per heavy atom. The second-order valence-electron chi connectivity index (χ2n) is 4.77. The van der Waals surface area contributed by atoms with Gasteiger partial charge in [-0.3, -0.25) is 4.68 Å². The Morgan fingerprint density at radius 2 is 1.95 bits per heavy atom. The van der Waals surface area contributed by atoms with Crippen LogP contribution in [0, 0.1) is 0 Å². The third kappa shape index (κ3) is 2.59. The first kappa shape index (κ1) is 13.3. The Labute approximate surface area is 125 Å². The number of aliphatic hydroxyl groups is 1. The molecule has 0 saturated carbocycles. The first-order valence-corrected chi connectivity index (χ1v) is 7.13. The fourth-order valence-corrected chi connectivity index (χ4v) is 2.62. The van der Waals surface area contributed by atoms with Crippen LogP contribution in [0.2, 0.25) is 0 Å². The van der Waals surface area contributed by atoms with Gasteiger partial charge < -0.3 is 5.11 Å². The lowest BCUT2D eigenvalue weighted by Crippen LogP contribution is -2.07. The number of nitrogens with zero attached hydrogens (tertiary/aromatic N) is 3. The quantitative estimate of drug-likeness (QED) is 0.802. The molecule has 1 N–H and O–H groups in total. The number of hydrogen-bond donors (Lipinski definition) is 1. The molecule has 3 aromatic rings. The molecule has 2 aromatic carbocycles. The molecule has 3 rings (SSSR count). The fourth-order valence-electron chi connectivity index (χ4n) is 2.24. The maximum atomic E-state index is 10.3. The summed E-state index contributed by atoms with van der Waals surface area (Å²) in [5, 5.41) is 16.6. The highest BCUT2D eigenvalue weighted by molar-refractivity contribution is 9.10. The summed E-state index contributed by atoms with van der Waals surface area (Å²) in [6.07, 6.45) is 1.38. The van der Waals surface area contributed by atoms with Crippen LogP contribution in [0.3, 0.4) is 0 Å². The summed E-state index contributed by atoms with van der Waals surface area (Å²) in [6, 6.07) is 12.1. The zero-order valence-corrected chi connectivity index (χ0v) is 12.6. The first-order chi connectivity index (χ1) is 9.63. The van der Waals surface area contributed by atoms with Crippen LogP contribution < -0.4 is 0 Å². The van der Waals surface area contributed by atoms with Crippen molar-refractivity contribution in [1.82, 2.24) is 14.8 Å². The van der Waals surface area contributed by atoms with Gasteiger partial charge >= 0.3 is 0 Å². The van der Waals surface area contributed by atoms with Crippen LogP contribution in [0.25, 0.3) is 10.8 Å². The number of aliphatic hydroxyl groups excluding tert-OH is 1. The Balaban J connectivity index is 1.90. The van der Waals surface area contributed by atoms with E-state index < -0.39 is 6.10 Å². The van der Waals surface area contributed by atoms with E-state index in [1.807, 2.05) is 37.4 Å². The van der Waals surface area contributed by atoms with Crippen LogP contribution in [-0.2, 0) is 13.5 Å². The molecule has 0 saturated heterocycles. The molecule has 1 heterocycles. The van der Waals surface area contributed by atoms with Gasteiger partial charge in [-0.1, -0.05) is 34.1 Å². The molecule has 0 amide bonds. The van der Waals surface area contributed by atoms with Gasteiger partial charge in [0, 0.05) is 17.9 Å². The Kier molecular flexibility index (Phi) is 3.54. The van der Waals surface area contributed by atoms with Crippen LogP contribution in [0.1, 0.15) is 17.5 Å². The molecule has 102 valence electrons. The van der Waals surface area contributed by atoms with Gasteiger partial charge in [0.2, 0.25) is 0 Å². The predicted octanol–water partition coefficient (Wildman–Crippen LogP) is 3.01. The summed E-state index contributed by atoms with van der Waals surface area (Å²) in [5.74, 6) is 0.772. The average Bonchev–Trinajstić information content (AvgIpc) is 2.83. The summed E-state index contributed by atoms with van der Waals surface area (Å²) in [6.45, 7) is 0. The number of rotatable bonds is 3. The van der Waals surface area contributed by atoms with Gasteiger partial charge in [0.25, 0.3) is 0 Å². The monoisotopic (exact) mass is 331 g/mol. The van der Waals surface area contributed by atoms with Crippen LogP contribution in [-0.4, -0.2) is 19.9 Å². The summed E-state index contributed by atoms with van der Waals surface area (Å²) >= 11 is 3.46. The minimum Gasteiger partial charge on any atom is -0.388 e.